The van der Waals surface area contributed by atoms with Gasteiger partial charge in [0, 0.05) is 4.47 Å². The highest BCUT2D eigenvalue weighted by Crippen LogP contribution is 2.24. The Balaban J connectivity index is 3.05. The molecule has 0 spiro atoms. The van der Waals surface area contributed by atoms with Gasteiger partial charge >= 0.3 is 0 Å². The summed E-state index contributed by atoms with van der Waals surface area (Å²) in [6.45, 7) is 1.57. The van der Waals surface area contributed by atoms with Crippen LogP contribution in [0.15, 0.2) is 22.7 Å². The van der Waals surface area contributed by atoms with Gasteiger partial charge < -0.3 is 10.8 Å². The van der Waals surface area contributed by atoms with E-state index in [1.54, 1.807) is 13.0 Å². The predicted molar refractivity (Wildman–Crippen MR) is 52.7 cm³/mol. The van der Waals surface area contributed by atoms with Crippen molar-refractivity contribution in [3.05, 3.63) is 34.1 Å². The van der Waals surface area contributed by atoms with E-state index in [4.69, 9.17) is 5.73 Å². The zero-order chi connectivity index (χ0) is 10.0. The zero-order valence-corrected chi connectivity index (χ0v) is 8.75. The van der Waals surface area contributed by atoms with E-state index in [-0.39, 0.29) is 5.82 Å². The average Bonchev–Trinajstić information content (AvgIpc) is 2.08. The minimum Gasteiger partial charge on any atom is -0.391 e. The largest absolute Gasteiger partial charge is 0.391 e. The molecule has 3 N–H and O–H groups in total. The lowest BCUT2D eigenvalue weighted by atomic mass is 10.0. The number of halogens is 2. The summed E-state index contributed by atoms with van der Waals surface area (Å²) in [5, 5.41) is 9.22. The van der Waals surface area contributed by atoms with Crippen LogP contribution >= 0.6 is 15.9 Å². The summed E-state index contributed by atoms with van der Waals surface area (Å²) in [6.07, 6.45) is -0.696. The number of aliphatic hydroxyl groups excluding tert-OH is 1. The maximum atomic E-state index is 12.8. The molecule has 4 heteroatoms. The Morgan fingerprint density at radius 3 is 2.69 bits per heavy atom. The molecule has 72 valence electrons. The minimum absolute atomic E-state index is 0.352. The van der Waals surface area contributed by atoms with Crippen LogP contribution in [0.25, 0.3) is 0 Å². The second kappa shape index (κ2) is 4.17. The molecule has 0 fully saturated rings. The number of aliphatic hydroxyl groups is 1. The standard InChI is InChI=1S/C9H11BrFNO/c1-5(13)9(12)7-4-6(11)2-3-8(7)10/h2-5,9,13H,12H2,1H3/t5-,9-/m1/s1. The molecule has 1 rings (SSSR count). The lowest BCUT2D eigenvalue weighted by Gasteiger charge is -2.16. The minimum atomic E-state index is -0.696. The lowest BCUT2D eigenvalue weighted by Crippen LogP contribution is -2.23. The molecule has 0 aliphatic carbocycles. The van der Waals surface area contributed by atoms with Gasteiger partial charge in [0.2, 0.25) is 0 Å². The van der Waals surface area contributed by atoms with Gasteiger partial charge in [-0.15, -0.1) is 0 Å². The first-order chi connectivity index (χ1) is 6.02. The summed E-state index contributed by atoms with van der Waals surface area (Å²) in [7, 11) is 0. The van der Waals surface area contributed by atoms with E-state index in [9.17, 15) is 9.50 Å². The van der Waals surface area contributed by atoms with E-state index in [1.165, 1.54) is 12.1 Å². The fraction of sp³-hybridized carbons (Fsp3) is 0.333. The van der Waals surface area contributed by atoms with Gasteiger partial charge in [-0.05, 0) is 30.7 Å². The topological polar surface area (TPSA) is 46.2 Å². The van der Waals surface area contributed by atoms with Gasteiger partial charge in [0.05, 0.1) is 12.1 Å². The van der Waals surface area contributed by atoms with Crippen LogP contribution < -0.4 is 5.73 Å². The predicted octanol–water partition coefficient (Wildman–Crippen LogP) is 1.97. The van der Waals surface area contributed by atoms with Crippen LogP contribution in [0.5, 0.6) is 0 Å². The smallest absolute Gasteiger partial charge is 0.123 e. The van der Waals surface area contributed by atoms with Crippen molar-refractivity contribution in [3.8, 4) is 0 Å². The molecule has 0 aromatic heterocycles. The molecular weight excluding hydrogens is 237 g/mol. The summed E-state index contributed by atoms with van der Waals surface area (Å²) < 4.78 is 13.5. The van der Waals surface area contributed by atoms with Crippen molar-refractivity contribution < 1.29 is 9.50 Å². The first kappa shape index (κ1) is 10.6. The van der Waals surface area contributed by atoms with Crippen molar-refractivity contribution in [2.75, 3.05) is 0 Å². The summed E-state index contributed by atoms with van der Waals surface area (Å²) in [5.74, 6) is -0.352. The van der Waals surface area contributed by atoms with E-state index in [0.717, 1.165) is 0 Å². The normalized spacial score (nSPS) is 15.5. The Hall–Kier alpha value is -0.450. The van der Waals surface area contributed by atoms with Crippen LogP contribution in [-0.2, 0) is 0 Å². The highest BCUT2D eigenvalue weighted by molar-refractivity contribution is 9.10. The van der Waals surface area contributed by atoms with Crippen molar-refractivity contribution in [2.24, 2.45) is 5.73 Å². The van der Waals surface area contributed by atoms with E-state index in [2.05, 4.69) is 15.9 Å². The fourth-order valence-electron chi connectivity index (χ4n) is 1.03. The van der Waals surface area contributed by atoms with E-state index in [0.29, 0.717) is 10.0 Å². The SMILES string of the molecule is C[C@@H](O)[C@@H](N)c1cc(F)ccc1Br. The summed E-state index contributed by atoms with van der Waals surface area (Å²) in [5.41, 5.74) is 6.24. The van der Waals surface area contributed by atoms with Crippen molar-refractivity contribution >= 4 is 15.9 Å². The quantitative estimate of drug-likeness (QED) is 0.840. The molecule has 0 amide bonds. The van der Waals surface area contributed by atoms with Gasteiger partial charge in [-0.2, -0.15) is 0 Å². The average molecular weight is 248 g/mol. The monoisotopic (exact) mass is 247 g/mol. The van der Waals surface area contributed by atoms with Gasteiger partial charge in [-0.1, -0.05) is 15.9 Å². The molecule has 0 unspecified atom stereocenters. The van der Waals surface area contributed by atoms with Gasteiger partial charge in [0.15, 0.2) is 0 Å². The number of hydrogen-bond donors (Lipinski definition) is 2. The van der Waals surface area contributed by atoms with Gasteiger partial charge in [0.1, 0.15) is 5.82 Å². The second-order valence-electron chi connectivity index (χ2n) is 2.93. The Bertz CT molecular complexity index is 304. The molecule has 1 aromatic rings. The third-order valence-corrected chi connectivity index (χ3v) is 2.56. The highest BCUT2D eigenvalue weighted by Gasteiger charge is 2.15. The maximum Gasteiger partial charge on any atom is 0.123 e. The molecule has 0 aliphatic heterocycles. The molecular formula is C9H11BrFNO. The van der Waals surface area contributed by atoms with Gasteiger partial charge in [-0.25, -0.2) is 4.39 Å². The molecule has 0 aliphatic rings. The first-order valence-corrected chi connectivity index (χ1v) is 4.70. The Morgan fingerprint density at radius 2 is 2.15 bits per heavy atom. The van der Waals surface area contributed by atoms with Crippen molar-refractivity contribution in [1.82, 2.24) is 0 Å². The Labute approximate surface area is 84.7 Å². The van der Waals surface area contributed by atoms with E-state index in [1.807, 2.05) is 0 Å². The molecule has 0 saturated heterocycles. The molecule has 0 radical (unpaired) electrons. The molecule has 2 atom stereocenters. The van der Waals surface area contributed by atoms with Crippen molar-refractivity contribution in [3.63, 3.8) is 0 Å². The van der Waals surface area contributed by atoms with Crippen LogP contribution in [0.4, 0.5) is 4.39 Å². The van der Waals surface area contributed by atoms with Gasteiger partial charge in [-0.3, -0.25) is 0 Å². The summed E-state index contributed by atoms with van der Waals surface area (Å²) in [6, 6.07) is 3.67. The fourth-order valence-corrected chi connectivity index (χ4v) is 1.54. The molecule has 2 nitrogen and oxygen atoms in total. The highest BCUT2D eigenvalue weighted by atomic mass is 79.9. The first-order valence-electron chi connectivity index (χ1n) is 3.91. The van der Waals surface area contributed by atoms with Crippen LogP contribution in [0.2, 0.25) is 0 Å². The van der Waals surface area contributed by atoms with Crippen LogP contribution in [0.1, 0.15) is 18.5 Å². The Morgan fingerprint density at radius 1 is 1.54 bits per heavy atom. The number of benzene rings is 1. The third-order valence-electron chi connectivity index (χ3n) is 1.84. The van der Waals surface area contributed by atoms with Crippen molar-refractivity contribution in [1.29, 1.82) is 0 Å². The number of nitrogens with two attached hydrogens (primary N) is 1. The number of hydrogen-bond acceptors (Lipinski definition) is 2. The van der Waals surface area contributed by atoms with E-state index >= 15 is 0 Å². The van der Waals surface area contributed by atoms with E-state index < -0.39 is 12.1 Å². The van der Waals surface area contributed by atoms with Gasteiger partial charge in [0.25, 0.3) is 0 Å². The zero-order valence-electron chi connectivity index (χ0n) is 7.17. The third kappa shape index (κ3) is 2.49. The molecule has 0 heterocycles. The van der Waals surface area contributed by atoms with Crippen LogP contribution in [-0.4, -0.2) is 11.2 Å². The Kier molecular flexibility index (Phi) is 3.41. The second-order valence-corrected chi connectivity index (χ2v) is 3.79. The molecule has 13 heavy (non-hydrogen) atoms. The molecule has 0 bridgehead atoms. The molecule has 1 aromatic carbocycles. The number of rotatable bonds is 2. The summed E-state index contributed by atoms with van der Waals surface area (Å²) in [4.78, 5) is 0. The van der Waals surface area contributed by atoms with Crippen LogP contribution in [0.3, 0.4) is 0 Å². The summed E-state index contributed by atoms with van der Waals surface area (Å²) >= 11 is 3.24. The molecule has 0 saturated carbocycles. The van der Waals surface area contributed by atoms with Crippen LogP contribution in [0, 0.1) is 5.82 Å². The maximum absolute atomic E-state index is 12.8. The lowest BCUT2D eigenvalue weighted by molar-refractivity contribution is 0.164. The van der Waals surface area contributed by atoms with Crippen molar-refractivity contribution in [2.45, 2.75) is 19.1 Å².